The van der Waals surface area contributed by atoms with E-state index in [0.29, 0.717) is 5.82 Å². The standard InChI is InChI=1S/C6H7N5O/c1-11-3-4(2-7-11)5-8-6(12)10-9-5/h2-3H,1H3,(H2,8,9,10,12). The predicted octanol–water partition coefficient (Wildman–Crippen LogP) is -0.502. The monoisotopic (exact) mass is 165 g/mol. The molecule has 0 fully saturated rings. The number of H-pyrrole nitrogens is 2. The molecule has 0 radical (unpaired) electrons. The van der Waals surface area contributed by atoms with Crippen LogP contribution in [0.3, 0.4) is 0 Å². The fourth-order valence-corrected chi connectivity index (χ4v) is 0.950. The van der Waals surface area contributed by atoms with E-state index < -0.39 is 0 Å². The molecule has 0 saturated carbocycles. The third-order valence-corrected chi connectivity index (χ3v) is 1.48. The second-order valence-corrected chi connectivity index (χ2v) is 2.43. The molecule has 6 nitrogen and oxygen atoms in total. The smallest absolute Gasteiger partial charge is 0.289 e. The van der Waals surface area contributed by atoms with Gasteiger partial charge in [0.25, 0.3) is 0 Å². The first kappa shape index (κ1) is 6.84. The summed E-state index contributed by atoms with van der Waals surface area (Å²) >= 11 is 0. The lowest BCUT2D eigenvalue weighted by molar-refractivity contribution is 0.768. The zero-order valence-corrected chi connectivity index (χ0v) is 6.40. The first-order valence-corrected chi connectivity index (χ1v) is 3.39. The molecule has 0 unspecified atom stereocenters. The molecule has 2 N–H and O–H groups in total. The highest BCUT2D eigenvalue weighted by Gasteiger charge is 2.02. The van der Waals surface area contributed by atoms with Crippen LogP contribution in [0.25, 0.3) is 11.4 Å². The Balaban J connectivity index is 2.50. The first-order valence-electron chi connectivity index (χ1n) is 3.39. The van der Waals surface area contributed by atoms with Gasteiger partial charge in [-0.3, -0.25) is 9.67 Å². The summed E-state index contributed by atoms with van der Waals surface area (Å²) in [4.78, 5) is 13.2. The third kappa shape index (κ3) is 1.03. The van der Waals surface area contributed by atoms with E-state index in [1.165, 1.54) is 0 Å². The van der Waals surface area contributed by atoms with Gasteiger partial charge in [0.2, 0.25) is 0 Å². The van der Waals surface area contributed by atoms with Crippen LogP contribution in [-0.2, 0) is 7.05 Å². The van der Waals surface area contributed by atoms with Crippen LogP contribution in [0.5, 0.6) is 0 Å². The van der Waals surface area contributed by atoms with E-state index in [0.717, 1.165) is 5.56 Å². The molecule has 6 heteroatoms. The zero-order valence-electron chi connectivity index (χ0n) is 6.40. The number of rotatable bonds is 1. The Morgan fingerprint density at radius 1 is 1.58 bits per heavy atom. The van der Waals surface area contributed by atoms with E-state index in [1.54, 1.807) is 24.1 Å². The first-order chi connectivity index (χ1) is 5.75. The summed E-state index contributed by atoms with van der Waals surface area (Å²) < 4.78 is 1.64. The topological polar surface area (TPSA) is 79.4 Å². The molecule has 2 aromatic rings. The molecule has 0 atom stereocenters. The zero-order chi connectivity index (χ0) is 8.55. The van der Waals surface area contributed by atoms with Crippen LogP contribution in [-0.4, -0.2) is 25.0 Å². The van der Waals surface area contributed by atoms with Gasteiger partial charge in [0.05, 0.1) is 11.8 Å². The van der Waals surface area contributed by atoms with Crippen LogP contribution in [0, 0.1) is 0 Å². The summed E-state index contributed by atoms with van der Waals surface area (Å²) in [7, 11) is 1.80. The molecule has 12 heavy (non-hydrogen) atoms. The maximum Gasteiger partial charge on any atom is 0.340 e. The highest BCUT2D eigenvalue weighted by atomic mass is 16.1. The molecule has 0 amide bonds. The maximum absolute atomic E-state index is 10.7. The average Bonchev–Trinajstić information content (AvgIpc) is 2.58. The summed E-state index contributed by atoms with van der Waals surface area (Å²) in [6, 6.07) is 0. The lowest BCUT2D eigenvalue weighted by atomic mass is 10.3. The van der Waals surface area contributed by atoms with Crippen LogP contribution in [0.4, 0.5) is 0 Å². The fraction of sp³-hybridized carbons (Fsp3) is 0.167. The Morgan fingerprint density at radius 3 is 2.92 bits per heavy atom. The molecule has 0 aromatic carbocycles. The Hall–Kier alpha value is -1.85. The van der Waals surface area contributed by atoms with Crippen molar-refractivity contribution in [3.05, 3.63) is 22.9 Å². The van der Waals surface area contributed by atoms with Crippen molar-refractivity contribution in [2.75, 3.05) is 0 Å². The third-order valence-electron chi connectivity index (χ3n) is 1.48. The van der Waals surface area contributed by atoms with Crippen molar-refractivity contribution in [1.82, 2.24) is 25.0 Å². The highest BCUT2D eigenvalue weighted by Crippen LogP contribution is 2.08. The molecule has 62 valence electrons. The number of nitrogens with one attached hydrogen (secondary N) is 2. The lowest BCUT2D eigenvalue weighted by Crippen LogP contribution is -2.00. The van der Waals surface area contributed by atoms with Gasteiger partial charge < -0.3 is 0 Å². The van der Waals surface area contributed by atoms with Crippen LogP contribution in [0.1, 0.15) is 0 Å². The van der Waals surface area contributed by atoms with Gasteiger partial charge in [0.15, 0.2) is 5.82 Å². The lowest BCUT2D eigenvalue weighted by Gasteiger charge is -1.84. The number of aryl methyl sites for hydroxylation is 1. The van der Waals surface area contributed by atoms with Crippen LogP contribution in [0.15, 0.2) is 17.2 Å². The molecule has 0 bridgehead atoms. The van der Waals surface area contributed by atoms with Crippen molar-refractivity contribution in [3.63, 3.8) is 0 Å². The molecular formula is C6H7N5O. The van der Waals surface area contributed by atoms with Gasteiger partial charge in [0.1, 0.15) is 0 Å². The van der Waals surface area contributed by atoms with E-state index in [2.05, 4.69) is 20.3 Å². The highest BCUT2D eigenvalue weighted by molar-refractivity contribution is 5.50. The van der Waals surface area contributed by atoms with E-state index in [1.807, 2.05) is 0 Å². The van der Waals surface area contributed by atoms with Gasteiger partial charge >= 0.3 is 5.69 Å². The van der Waals surface area contributed by atoms with E-state index in [9.17, 15) is 4.79 Å². The predicted molar refractivity (Wildman–Crippen MR) is 41.4 cm³/mol. The van der Waals surface area contributed by atoms with E-state index >= 15 is 0 Å². The van der Waals surface area contributed by atoms with Crippen molar-refractivity contribution in [2.45, 2.75) is 0 Å². The second-order valence-electron chi connectivity index (χ2n) is 2.43. The summed E-state index contributed by atoms with van der Waals surface area (Å²) in [5.41, 5.74) is 0.477. The molecule has 2 rings (SSSR count). The number of aromatic nitrogens is 5. The van der Waals surface area contributed by atoms with Crippen molar-refractivity contribution in [2.24, 2.45) is 7.05 Å². The van der Waals surface area contributed by atoms with E-state index in [-0.39, 0.29) is 5.69 Å². The number of hydrogen-bond acceptors (Lipinski definition) is 3. The SMILES string of the molecule is Cn1cc(-c2n[nH]c(=O)[nH]2)cn1. The fourth-order valence-electron chi connectivity index (χ4n) is 0.950. The average molecular weight is 165 g/mol. The normalized spacial score (nSPS) is 10.4. The van der Waals surface area contributed by atoms with Crippen molar-refractivity contribution >= 4 is 0 Å². The minimum atomic E-state index is -0.311. The minimum Gasteiger partial charge on any atom is -0.289 e. The van der Waals surface area contributed by atoms with Gasteiger partial charge in [-0.25, -0.2) is 9.89 Å². The molecule has 0 aliphatic heterocycles. The van der Waals surface area contributed by atoms with Gasteiger partial charge in [-0.15, -0.1) is 0 Å². The molecule has 2 aromatic heterocycles. The Bertz CT molecular complexity index is 436. The van der Waals surface area contributed by atoms with Gasteiger partial charge in [-0.2, -0.15) is 10.2 Å². The van der Waals surface area contributed by atoms with E-state index in [4.69, 9.17) is 0 Å². The number of aromatic amines is 2. The maximum atomic E-state index is 10.7. The largest absolute Gasteiger partial charge is 0.340 e. The summed E-state index contributed by atoms with van der Waals surface area (Å²) in [5, 5.41) is 9.97. The quantitative estimate of drug-likeness (QED) is 0.597. The summed E-state index contributed by atoms with van der Waals surface area (Å²) in [5.74, 6) is 0.508. The van der Waals surface area contributed by atoms with Gasteiger partial charge in [-0.05, 0) is 0 Å². The Labute approximate surface area is 67.2 Å². The van der Waals surface area contributed by atoms with Crippen molar-refractivity contribution in [3.8, 4) is 11.4 Å². The molecule has 0 aliphatic rings. The number of nitrogens with zero attached hydrogens (tertiary/aromatic N) is 3. The molecule has 0 aliphatic carbocycles. The van der Waals surface area contributed by atoms with Gasteiger partial charge in [-0.1, -0.05) is 0 Å². The molecule has 0 saturated heterocycles. The van der Waals surface area contributed by atoms with Crippen LogP contribution >= 0.6 is 0 Å². The summed E-state index contributed by atoms with van der Waals surface area (Å²) in [6.07, 6.45) is 3.40. The number of hydrogen-bond donors (Lipinski definition) is 2. The van der Waals surface area contributed by atoms with Crippen molar-refractivity contribution < 1.29 is 0 Å². The minimum absolute atomic E-state index is 0.311. The van der Waals surface area contributed by atoms with Crippen molar-refractivity contribution in [1.29, 1.82) is 0 Å². The molecule has 0 spiro atoms. The second kappa shape index (κ2) is 2.33. The van der Waals surface area contributed by atoms with Crippen LogP contribution < -0.4 is 5.69 Å². The Morgan fingerprint density at radius 2 is 2.42 bits per heavy atom. The summed E-state index contributed by atoms with van der Waals surface area (Å²) in [6.45, 7) is 0. The molecule has 2 heterocycles. The Kier molecular flexibility index (Phi) is 1.33. The van der Waals surface area contributed by atoms with Gasteiger partial charge in [0, 0.05) is 13.2 Å². The van der Waals surface area contributed by atoms with Crippen LogP contribution in [0.2, 0.25) is 0 Å². The molecular weight excluding hydrogens is 158 g/mol.